The minimum absolute atomic E-state index is 0. The first kappa shape index (κ1) is 19.6. The highest BCUT2D eigenvalue weighted by Gasteiger charge is 2.15. The molecule has 0 aliphatic heterocycles. The molecule has 1 unspecified atom stereocenters. The molecule has 1 aromatic heterocycles. The molecule has 0 fully saturated rings. The van der Waals surface area contributed by atoms with Crippen LogP contribution in [0.25, 0.3) is 0 Å². The van der Waals surface area contributed by atoms with Crippen LogP contribution in [0.3, 0.4) is 0 Å². The van der Waals surface area contributed by atoms with Crippen molar-refractivity contribution in [1.29, 1.82) is 0 Å². The molecule has 6 nitrogen and oxygen atoms in total. The summed E-state index contributed by atoms with van der Waals surface area (Å²) in [4.78, 5) is 23.7. The summed E-state index contributed by atoms with van der Waals surface area (Å²) >= 11 is 0. The summed E-state index contributed by atoms with van der Waals surface area (Å²) in [6.45, 7) is 6.14. The van der Waals surface area contributed by atoms with E-state index in [1.807, 2.05) is 20.8 Å². The van der Waals surface area contributed by atoms with Crippen molar-refractivity contribution < 1.29 is 4.79 Å². The van der Waals surface area contributed by atoms with Gasteiger partial charge >= 0.3 is 0 Å². The lowest BCUT2D eigenvalue weighted by Gasteiger charge is -2.14. The van der Waals surface area contributed by atoms with Crippen LogP contribution in [0.5, 0.6) is 0 Å². The van der Waals surface area contributed by atoms with Crippen LogP contribution in [0.15, 0.2) is 4.79 Å². The highest BCUT2D eigenvalue weighted by Crippen LogP contribution is 2.10. The van der Waals surface area contributed by atoms with Crippen molar-refractivity contribution in [3.05, 3.63) is 27.2 Å². The molecule has 120 valence electrons. The largest absolute Gasteiger partial charge is 0.350 e. The number of halogens is 1. The second-order valence-corrected chi connectivity index (χ2v) is 4.78. The molecule has 0 saturated carbocycles. The fraction of sp³-hybridized carbons (Fsp3) is 0.643. The van der Waals surface area contributed by atoms with Gasteiger partial charge in [0, 0.05) is 12.1 Å². The molecule has 1 heterocycles. The Hall–Kier alpha value is -1.40. The van der Waals surface area contributed by atoms with E-state index in [2.05, 4.69) is 15.5 Å². The molecule has 1 aromatic rings. The van der Waals surface area contributed by atoms with Crippen molar-refractivity contribution >= 4 is 18.3 Å². The van der Waals surface area contributed by atoms with Crippen LogP contribution in [-0.4, -0.2) is 22.1 Å². The van der Waals surface area contributed by atoms with Crippen LogP contribution >= 0.6 is 12.4 Å². The molecule has 4 N–H and O–H groups in total. The van der Waals surface area contributed by atoms with Crippen molar-refractivity contribution in [2.45, 2.75) is 59.0 Å². The van der Waals surface area contributed by atoms with Gasteiger partial charge in [-0.25, -0.2) is 5.10 Å². The Labute approximate surface area is 131 Å². The lowest BCUT2D eigenvalue weighted by Crippen LogP contribution is -2.41. The van der Waals surface area contributed by atoms with Gasteiger partial charge in [-0.15, -0.1) is 12.4 Å². The molecular weight excluding hydrogens is 292 g/mol. The normalized spacial score (nSPS) is 11.6. The molecule has 1 rings (SSSR count). The van der Waals surface area contributed by atoms with Crippen LogP contribution in [0.4, 0.5) is 0 Å². The summed E-state index contributed by atoms with van der Waals surface area (Å²) in [5, 5.41) is 9.27. The Morgan fingerprint density at radius 3 is 2.48 bits per heavy atom. The molecule has 1 amide bonds. The number of hydrogen-bond donors (Lipinski definition) is 3. The molecule has 0 radical (unpaired) electrons. The third-order valence-corrected chi connectivity index (χ3v) is 3.34. The average Bonchev–Trinajstić information content (AvgIpc) is 2.45. The van der Waals surface area contributed by atoms with E-state index in [1.54, 1.807) is 0 Å². The Bertz CT molecular complexity index is 516. The topological polar surface area (TPSA) is 101 Å². The summed E-state index contributed by atoms with van der Waals surface area (Å²) in [6.07, 6.45) is 2.95. The van der Waals surface area contributed by atoms with Gasteiger partial charge < -0.3 is 11.1 Å². The van der Waals surface area contributed by atoms with Crippen molar-refractivity contribution in [2.24, 2.45) is 5.73 Å². The van der Waals surface area contributed by atoms with Crippen molar-refractivity contribution in [3.8, 4) is 0 Å². The summed E-state index contributed by atoms with van der Waals surface area (Å²) < 4.78 is 0. The van der Waals surface area contributed by atoms with Gasteiger partial charge in [-0.05, 0) is 24.8 Å². The molecule has 0 saturated heterocycles. The maximum Gasteiger partial charge on any atom is 0.269 e. The number of carbonyl (C=O) groups is 1. The van der Waals surface area contributed by atoms with Gasteiger partial charge in [0.2, 0.25) is 5.91 Å². The summed E-state index contributed by atoms with van der Waals surface area (Å²) in [5.41, 5.74) is 7.87. The first-order valence-electron chi connectivity index (χ1n) is 7.17. The quantitative estimate of drug-likeness (QED) is 0.700. The number of nitrogens with one attached hydrogen (secondary N) is 2. The standard InChI is InChI=1S/C14H24N4O2.ClH/c1-4-7-11(15)14(20)16-8-10-9(5-2)12(6-3)17-18-13(10)19;/h11H,4-8,15H2,1-3H3,(H,16,20)(H,18,19);1H. The van der Waals surface area contributed by atoms with Gasteiger partial charge in [-0.1, -0.05) is 27.2 Å². The molecule has 0 bridgehead atoms. The number of carbonyl (C=O) groups excluding carboxylic acids is 1. The summed E-state index contributed by atoms with van der Waals surface area (Å²) in [7, 11) is 0. The molecule has 21 heavy (non-hydrogen) atoms. The van der Waals surface area contributed by atoms with Crippen molar-refractivity contribution in [2.75, 3.05) is 0 Å². The minimum Gasteiger partial charge on any atom is -0.350 e. The number of hydrogen-bond acceptors (Lipinski definition) is 4. The third-order valence-electron chi connectivity index (χ3n) is 3.34. The lowest BCUT2D eigenvalue weighted by molar-refractivity contribution is -0.122. The second-order valence-electron chi connectivity index (χ2n) is 4.78. The van der Waals surface area contributed by atoms with Crippen LogP contribution in [0, 0.1) is 0 Å². The van der Waals surface area contributed by atoms with Gasteiger partial charge in [0.05, 0.1) is 11.7 Å². The first-order chi connectivity index (χ1) is 9.54. The van der Waals surface area contributed by atoms with E-state index < -0.39 is 6.04 Å². The maximum atomic E-state index is 11.9. The van der Waals surface area contributed by atoms with E-state index in [9.17, 15) is 9.59 Å². The number of nitrogens with zero attached hydrogens (tertiary/aromatic N) is 1. The summed E-state index contributed by atoms with van der Waals surface area (Å²) in [6, 6.07) is -0.517. The average molecular weight is 317 g/mol. The Kier molecular flexibility index (Phi) is 8.89. The number of amides is 1. The van der Waals surface area contributed by atoms with Gasteiger partial charge in [0.25, 0.3) is 5.56 Å². The van der Waals surface area contributed by atoms with Gasteiger partial charge in [-0.2, -0.15) is 5.10 Å². The Morgan fingerprint density at radius 2 is 1.95 bits per heavy atom. The van der Waals surface area contributed by atoms with Gasteiger partial charge in [0.1, 0.15) is 0 Å². The highest BCUT2D eigenvalue weighted by molar-refractivity contribution is 5.85. The highest BCUT2D eigenvalue weighted by atomic mass is 35.5. The van der Waals surface area contributed by atoms with Crippen molar-refractivity contribution in [3.63, 3.8) is 0 Å². The SMILES string of the molecule is CCCC(N)C(=O)NCc1c(CC)c(CC)n[nH]c1=O.Cl. The molecule has 0 aliphatic rings. The Balaban J connectivity index is 0.00000400. The molecule has 0 spiro atoms. The second kappa shape index (κ2) is 9.52. The zero-order valence-corrected chi connectivity index (χ0v) is 13.7. The van der Waals surface area contributed by atoms with E-state index >= 15 is 0 Å². The number of nitrogens with two attached hydrogens (primary N) is 1. The van der Waals surface area contributed by atoms with Crippen molar-refractivity contribution in [1.82, 2.24) is 15.5 Å². The zero-order chi connectivity index (χ0) is 15.1. The number of aromatic nitrogens is 2. The maximum absolute atomic E-state index is 11.9. The molecule has 0 aliphatic carbocycles. The van der Waals surface area contributed by atoms with E-state index in [0.29, 0.717) is 18.4 Å². The van der Waals surface area contributed by atoms with E-state index in [0.717, 1.165) is 24.1 Å². The third kappa shape index (κ3) is 5.13. The Morgan fingerprint density at radius 1 is 1.29 bits per heavy atom. The van der Waals surface area contributed by atoms with Crippen LogP contribution in [0.1, 0.15) is 50.4 Å². The number of rotatable bonds is 7. The number of H-pyrrole nitrogens is 1. The fourth-order valence-electron chi connectivity index (χ4n) is 2.21. The van der Waals surface area contributed by atoms with E-state index in [1.165, 1.54) is 0 Å². The molecule has 0 aromatic carbocycles. The number of aryl methyl sites for hydroxylation is 1. The van der Waals surface area contributed by atoms with Crippen LogP contribution < -0.4 is 16.6 Å². The summed E-state index contributed by atoms with van der Waals surface area (Å²) in [5.74, 6) is -0.219. The van der Waals surface area contributed by atoms with E-state index in [-0.39, 0.29) is 30.4 Å². The first-order valence-corrected chi connectivity index (χ1v) is 7.17. The fourth-order valence-corrected chi connectivity index (χ4v) is 2.21. The lowest BCUT2D eigenvalue weighted by atomic mass is 10.0. The molecular formula is C14H25ClN4O2. The van der Waals surface area contributed by atoms with Gasteiger partial charge in [-0.3, -0.25) is 9.59 Å². The molecule has 1 atom stereocenters. The smallest absolute Gasteiger partial charge is 0.269 e. The predicted octanol–water partition coefficient (Wildman–Crippen LogP) is 1.06. The van der Waals surface area contributed by atoms with Gasteiger partial charge in [0.15, 0.2) is 0 Å². The number of aromatic amines is 1. The van der Waals surface area contributed by atoms with Crippen LogP contribution in [-0.2, 0) is 24.2 Å². The van der Waals surface area contributed by atoms with Crippen LogP contribution in [0.2, 0.25) is 0 Å². The monoisotopic (exact) mass is 316 g/mol. The predicted molar refractivity (Wildman–Crippen MR) is 85.6 cm³/mol. The minimum atomic E-state index is -0.517. The zero-order valence-electron chi connectivity index (χ0n) is 12.9. The molecule has 7 heteroatoms. The van der Waals surface area contributed by atoms with E-state index in [4.69, 9.17) is 5.73 Å².